The van der Waals surface area contributed by atoms with Gasteiger partial charge in [0.05, 0.1) is 18.4 Å². The number of hydrazine groups is 1. The topological polar surface area (TPSA) is 187 Å². The molecule has 0 radical (unpaired) electrons. The summed E-state index contributed by atoms with van der Waals surface area (Å²) < 4.78 is 22.8. The van der Waals surface area contributed by atoms with Crippen LogP contribution in [0, 0.1) is 28.6 Å². The summed E-state index contributed by atoms with van der Waals surface area (Å²) in [4.78, 5) is 49.1. The highest BCUT2D eigenvalue weighted by Crippen LogP contribution is 2.70. The third-order valence-corrected chi connectivity index (χ3v) is 12.2. The number of carbonyl (C=O) groups is 4. The van der Waals surface area contributed by atoms with Crippen LogP contribution in [0.2, 0.25) is 0 Å². The van der Waals surface area contributed by atoms with Gasteiger partial charge in [-0.15, -0.1) is 0 Å². The van der Waals surface area contributed by atoms with E-state index < -0.39 is 64.6 Å². The Bertz CT molecular complexity index is 1450. The maximum atomic E-state index is 17.4. The highest BCUT2D eigenvalue weighted by molar-refractivity contribution is 6.01. The van der Waals surface area contributed by atoms with Crippen molar-refractivity contribution in [3.63, 3.8) is 0 Å². The summed E-state index contributed by atoms with van der Waals surface area (Å²) in [6, 6.07) is 0. The molecule has 270 valence electrons. The Hall–Kier alpha value is -3.42. The normalized spacial score (nSPS) is 38.6. The number of fused-ring (bicyclic) bond motifs is 5. The van der Waals surface area contributed by atoms with Crippen LogP contribution < -0.4 is 16.3 Å². The van der Waals surface area contributed by atoms with Gasteiger partial charge in [0.2, 0.25) is 11.8 Å². The van der Waals surface area contributed by atoms with Gasteiger partial charge < -0.3 is 20.1 Å². The van der Waals surface area contributed by atoms with Crippen molar-refractivity contribution in [2.45, 2.75) is 121 Å². The minimum absolute atomic E-state index is 0.0717. The van der Waals surface area contributed by atoms with Gasteiger partial charge in [0, 0.05) is 29.6 Å². The molecule has 0 bridgehead atoms. The highest BCUT2D eigenvalue weighted by atomic mass is 19.1. The van der Waals surface area contributed by atoms with E-state index >= 15 is 4.39 Å². The summed E-state index contributed by atoms with van der Waals surface area (Å²) in [6.45, 7) is 4.64. The van der Waals surface area contributed by atoms with Crippen LogP contribution in [-0.2, 0) is 19.1 Å². The number of ether oxygens (including phenoxy) is 1. The second-order valence-electron chi connectivity index (χ2n) is 15.0. The Morgan fingerprint density at radius 2 is 1.84 bits per heavy atom. The minimum atomic E-state index is -2.07. The van der Waals surface area contributed by atoms with Crippen molar-refractivity contribution in [3.05, 3.63) is 36.0 Å². The van der Waals surface area contributed by atoms with Gasteiger partial charge in [-0.1, -0.05) is 38.0 Å². The molecule has 0 aromatic rings. The highest BCUT2D eigenvalue weighted by Gasteiger charge is 2.75. The van der Waals surface area contributed by atoms with Crippen LogP contribution in [0.3, 0.4) is 0 Å². The number of alkyl halides is 1. The van der Waals surface area contributed by atoms with Gasteiger partial charge in [-0.25, -0.2) is 20.0 Å². The van der Waals surface area contributed by atoms with E-state index in [1.807, 2.05) is 12.2 Å². The van der Waals surface area contributed by atoms with Crippen molar-refractivity contribution in [3.8, 4) is 0 Å². The largest absolute Gasteiger partial charge is 0.441 e. The maximum Gasteiger partial charge on any atom is 0.426 e. The molecule has 3 fully saturated rings. The number of hydrogen-bond donors (Lipinski definition) is 6. The number of halogens is 1. The summed E-state index contributed by atoms with van der Waals surface area (Å²) in [5, 5.41) is 38.5. The Kier molecular flexibility index (Phi) is 10.9. The maximum absolute atomic E-state index is 17.4. The van der Waals surface area contributed by atoms with Gasteiger partial charge in [0.25, 0.3) is 0 Å². The zero-order valence-electron chi connectivity index (χ0n) is 28.7. The van der Waals surface area contributed by atoms with E-state index in [9.17, 15) is 34.5 Å². The molecular weight excluding hydrogens is 635 g/mol. The predicted molar refractivity (Wildman–Crippen MR) is 178 cm³/mol. The summed E-state index contributed by atoms with van der Waals surface area (Å²) >= 11 is 0. The standard InChI is InChI=1S/C36H51FN4O8/c1-22-18-27-26-15-14-23-19-24(43)16-17-33(23,2)35(26,37)29(44)20-34(27,3)36(22,48)28(21-42)38-39-30(45)12-9-13-31(46)40-41-32(47)49-25-10-7-5-4-6-8-11-25/h7,10,16-17,19,22,25-27,29,42,44,48H,4-6,8-9,11-15,18,20-21H2,1-3H3,(H,39,45)(H,40,46)(H,41,47)/b10-7?,38-28-/t22-,25?,26+,27+,29+,33+,34+,35+,36+/m1/s1. The lowest BCUT2D eigenvalue weighted by molar-refractivity contribution is -0.209. The SMILES string of the molecule is C[C@@H]1C[C@H]2[C@@H]3CCC4=CC(=O)C=C[C@]4(C)[C@@]3(F)[C@@H](O)C[C@]2(C)[C@@]1(O)/C(CO)=N\NC(=O)CCCC(=O)NNC(=O)OC1C=CCCCCC1. The molecule has 49 heavy (non-hydrogen) atoms. The second-order valence-corrected chi connectivity index (χ2v) is 15.0. The number of rotatable bonds is 8. The summed E-state index contributed by atoms with van der Waals surface area (Å²) in [7, 11) is 0. The number of nitrogens with one attached hydrogen (secondary N) is 3. The van der Waals surface area contributed by atoms with E-state index in [1.54, 1.807) is 26.8 Å². The zero-order chi connectivity index (χ0) is 35.6. The van der Waals surface area contributed by atoms with Crippen LogP contribution in [0.1, 0.15) is 97.8 Å². The Labute approximate surface area is 286 Å². The average molecular weight is 687 g/mol. The van der Waals surface area contributed by atoms with Gasteiger partial charge in [-0.2, -0.15) is 5.10 Å². The molecule has 5 aliphatic rings. The number of hydrogen-bond acceptors (Lipinski definition) is 9. The number of aliphatic hydroxyl groups excluding tert-OH is 2. The molecule has 12 nitrogen and oxygen atoms in total. The van der Waals surface area contributed by atoms with Gasteiger partial charge in [0.1, 0.15) is 11.7 Å². The van der Waals surface area contributed by atoms with Crippen LogP contribution in [-0.4, -0.2) is 74.8 Å². The smallest absolute Gasteiger partial charge is 0.426 e. The van der Waals surface area contributed by atoms with E-state index in [0.717, 1.165) is 25.7 Å². The van der Waals surface area contributed by atoms with Crippen molar-refractivity contribution in [1.82, 2.24) is 16.3 Å². The molecule has 0 aliphatic heterocycles. The number of ketones is 1. The molecule has 0 spiro atoms. The van der Waals surface area contributed by atoms with E-state index in [2.05, 4.69) is 21.4 Å². The molecule has 0 saturated heterocycles. The molecule has 1 unspecified atom stereocenters. The first-order valence-electron chi connectivity index (χ1n) is 17.6. The molecule has 0 aromatic heterocycles. The quantitative estimate of drug-likeness (QED) is 0.127. The van der Waals surface area contributed by atoms with Crippen LogP contribution in [0.4, 0.5) is 9.18 Å². The molecule has 5 rings (SSSR count). The zero-order valence-corrected chi connectivity index (χ0v) is 28.7. The Morgan fingerprint density at radius 3 is 2.59 bits per heavy atom. The number of nitrogens with zero attached hydrogens (tertiary/aromatic N) is 1. The monoisotopic (exact) mass is 686 g/mol. The van der Waals surface area contributed by atoms with E-state index in [4.69, 9.17) is 4.74 Å². The van der Waals surface area contributed by atoms with Crippen molar-refractivity contribution in [2.24, 2.45) is 33.7 Å². The van der Waals surface area contributed by atoms with E-state index in [1.165, 1.54) is 12.2 Å². The number of allylic oxidation sites excluding steroid dienone is 5. The molecule has 0 heterocycles. The lowest BCUT2D eigenvalue weighted by Crippen LogP contribution is -2.69. The first kappa shape index (κ1) is 36.9. The fourth-order valence-corrected chi connectivity index (χ4v) is 9.57. The fourth-order valence-electron chi connectivity index (χ4n) is 9.57. The van der Waals surface area contributed by atoms with Crippen molar-refractivity contribution < 1.29 is 43.6 Å². The van der Waals surface area contributed by atoms with Crippen LogP contribution >= 0.6 is 0 Å². The number of carbonyl (C=O) groups excluding carboxylic acids is 4. The van der Waals surface area contributed by atoms with Gasteiger partial charge in [-0.3, -0.25) is 19.8 Å². The number of hydrazone groups is 1. The average Bonchev–Trinajstić information content (AvgIpc) is 3.23. The molecule has 13 heteroatoms. The first-order valence-corrected chi connectivity index (χ1v) is 17.6. The lowest BCUT2D eigenvalue weighted by atomic mass is 9.44. The third kappa shape index (κ3) is 6.61. The number of amides is 3. The van der Waals surface area contributed by atoms with Crippen LogP contribution in [0.15, 0.2) is 41.1 Å². The van der Waals surface area contributed by atoms with E-state index in [0.29, 0.717) is 31.3 Å². The minimum Gasteiger partial charge on any atom is -0.441 e. The third-order valence-electron chi connectivity index (χ3n) is 12.2. The first-order chi connectivity index (χ1) is 23.2. The summed E-state index contributed by atoms with van der Waals surface area (Å²) in [6.07, 6.45) is 11.6. The summed E-state index contributed by atoms with van der Waals surface area (Å²) in [5.41, 5.74) is 1.39. The van der Waals surface area contributed by atoms with Gasteiger partial charge in [0.15, 0.2) is 11.5 Å². The van der Waals surface area contributed by atoms with E-state index in [-0.39, 0.29) is 49.2 Å². The molecule has 3 amide bonds. The lowest BCUT2D eigenvalue weighted by Gasteiger charge is -2.62. The Morgan fingerprint density at radius 1 is 1.08 bits per heavy atom. The van der Waals surface area contributed by atoms with Crippen molar-refractivity contribution in [2.75, 3.05) is 6.61 Å². The van der Waals surface area contributed by atoms with Crippen LogP contribution in [0.25, 0.3) is 0 Å². The number of aliphatic hydroxyl groups is 3. The molecule has 9 atom stereocenters. The fraction of sp³-hybridized carbons (Fsp3) is 0.694. The molecular formula is C36H51FN4O8. The molecule has 0 aromatic carbocycles. The van der Waals surface area contributed by atoms with Crippen molar-refractivity contribution >= 4 is 29.4 Å². The molecule has 3 saturated carbocycles. The summed E-state index contributed by atoms with van der Waals surface area (Å²) in [5.74, 6) is -2.76. The molecule has 6 N–H and O–H groups in total. The predicted octanol–water partition coefficient (Wildman–Crippen LogP) is 3.62. The van der Waals surface area contributed by atoms with Crippen LogP contribution in [0.5, 0.6) is 0 Å². The molecule has 5 aliphatic carbocycles. The van der Waals surface area contributed by atoms with Gasteiger partial charge in [-0.05, 0) is 94.8 Å². The van der Waals surface area contributed by atoms with Crippen molar-refractivity contribution in [1.29, 1.82) is 0 Å². The second kappa shape index (κ2) is 14.4. The Balaban J connectivity index is 1.17. The van der Waals surface area contributed by atoms with Gasteiger partial charge >= 0.3 is 6.09 Å².